The van der Waals surface area contributed by atoms with Crippen molar-refractivity contribution in [1.82, 2.24) is 9.78 Å². The zero-order valence-corrected chi connectivity index (χ0v) is 9.05. The second-order valence-corrected chi connectivity index (χ2v) is 3.66. The highest BCUT2D eigenvalue weighted by Crippen LogP contribution is 2.13. The SMILES string of the molecule is O=C=Nc1ccc(Cn2cc(Cl)cn2)cc1. The zero-order chi connectivity index (χ0) is 11.4. The quantitative estimate of drug-likeness (QED) is 0.604. The molecule has 0 unspecified atom stereocenters. The summed E-state index contributed by atoms with van der Waals surface area (Å²) in [5.74, 6) is 0. The summed E-state index contributed by atoms with van der Waals surface area (Å²) in [6, 6.07) is 7.27. The van der Waals surface area contributed by atoms with E-state index in [9.17, 15) is 4.79 Å². The van der Waals surface area contributed by atoms with Crippen LogP contribution < -0.4 is 0 Å². The molecule has 0 aliphatic heterocycles. The molecule has 2 rings (SSSR count). The number of halogens is 1. The molecule has 4 nitrogen and oxygen atoms in total. The van der Waals surface area contributed by atoms with Crippen LogP contribution in [0.3, 0.4) is 0 Å². The first-order valence-electron chi connectivity index (χ1n) is 4.63. The molecule has 0 saturated carbocycles. The van der Waals surface area contributed by atoms with Gasteiger partial charge in [0.15, 0.2) is 0 Å². The van der Waals surface area contributed by atoms with Crippen molar-refractivity contribution in [2.24, 2.45) is 4.99 Å². The first kappa shape index (κ1) is 10.6. The highest BCUT2D eigenvalue weighted by atomic mass is 35.5. The van der Waals surface area contributed by atoms with Gasteiger partial charge in [-0.1, -0.05) is 23.7 Å². The summed E-state index contributed by atoms with van der Waals surface area (Å²) in [7, 11) is 0. The molecule has 0 bridgehead atoms. The van der Waals surface area contributed by atoms with E-state index in [1.165, 1.54) is 6.08 Å². The molecule has 0 spiro atoms. The normalized spacial score (nSPS) is 9.81. The van der Waals surface area contributed by atoms with Gasteiger partial charge in [-0.15, -0.1) is 0 Å². The number of rotatable bonds is 3. The molecule has 0 amide bonds. The number of isocyanates is 1. The molecule has 16 heavy (non-hydrogen) atoms. The van der Waals surface area contributed by atoms with Gasteiger partial charge < -0.3 is 0 Å². The van der Waals surface area contributed by atoms with Crippen molar-refractivity contribution in [3.63, 3.8) is 0 Å². The van der Waals surface area contributed by atoms with E-state index >= 15 is 0 Å². The molecular weight excluding hydrogens is 226 g/mol. The van der Waals surface area contributed by atoms with Crippen LogP contribution >= 0.6 is 11.6 Å². The molecule has 1 aromatic carbocycles. The number of hydrogen-bond donors (Lipinski definition) is 0. The van der Waals surface area contributed by atoms with Crippen LogP contribution in [0.5, 0.6) is 0 Å². The van der Waals surface area contributed by atoms with Gasteiger partial charge in [-0.3, -0.25) is 4.68 Å². The molecule has 5 heteroatoms. The van der Waals surface area contributed by atoms with Gasteiger partial charge in [-0.2, -0.15) is 10.1 Å². The Balaban J connectivity index is 2.13. The van der Waals surface area contributed by atoms with Gasteiger partial charge in [0.2, 0.25) is 6.08 Å². The molecule has 1 aromatic heterocycles. The van der Waals surface area contributed by atoms with Crippen LogP contribution in [0.4, 0.5) is 5.69 Å². The summed E-state index contributed by atoms with van der Waals surface area (Å²) in [6.07, 6.45) is 4.84. The van der Waals surface area contributed by atoms with Gasteiger partial charge in [0.25, 0.3) is 0 Å². The molecule has 0 atom stereocenters. The lowest BCUT2D eigenvalue weighted by Gasteiger charge is -2.01. The summed E-state index contributed by atoms with van der Waals surface area (Å²) in [5, 5.41) is 4.68. The topological polar surface area (TPSA) is 47.2 Å². The van der Waals surface area contributed by atoms with E-state index in [0.29, 0.717) is 17.3 Å². The van der Waals surface area contributed by atoms with Crippen molar-refractivity contribution >= 4 is 23.4 Å². The second-order valence-electron chi connectivity index (χ2n) is 3.23. The van der Waals surface area contributed by atoms with E-state index < -0.39 is 0 Å². The molecule has 0 fully saturated rings. The van der Waals surface area contributed by atoms with Gasteiger partial charge in [-0.25, -0.2) is 4.79 Å². The lowest BCUT2D eigenvalue weighted by molar-refractivity contribution is 0.565. The molecule has 0 aliphatic rings. The average Bonchev–Trinajstić information content (AvgIpc) is 2.67. The van der Waals surface area contributed by atoms with Crippen molar-refractivity contribution in [2.75, 3.05) is 0 Å². The monoisotopic (exact) mass is 233 g/mol. The van der Waals surface area contributed by atoms with Crippen LogP contribution in [0, 0.1) is 0 Å². The molecule has 2 aromatic rings. The van der Waals surface area contributed by atoms with Gasteiger partial charge in [0.05, 0.1) is 23.5 Å². The van der Waals surface area contributed by atoms with E-state index in [1.807, 2.05) is 12.1 Å². The molecule has 80 valence electrons. The first-order valence-corrected chi connectivity index (χ1v) is 5.00. The van der Waals surface area contributed by atoms with Crippen LogP contribution in [0.2, 0.25) is 5.02 Å². The molecule has 0 saturated heterocycles. The fourth-order valence-corrected chi connectivity index (χ4v) is 1.50. The number of aromatic nitrogens is 2. The fraction of sp³-hybridized carbons (Fsp3) is 0.0909. The number of nitrogens with zero attached hydrogens (tertiary/aromatic N) is 3. The minimum atomic E-state index is 0.595. The third-order valence-corrected chi connectivity index (χ3v) is 2.25. The molecule has 0 aliphatic carbocycles. The maximum atomic E-state index is 10.0. The van der Waals surface area contributed by atoms with Crippen LogP contribution in [0.1, 0.15) is 5.56 Å². The summed E-state index contributed by atoms with van der Waals surface area (Å²) in [4.78, 5) is 13.5. The Morgan fingerprint density at radius 3 is 2.69 bits per heavy atom. The summed E-state index contributed by atoms with van der Waals surface area (Å²) < 4.78 is 1.74. The van der Waals surface area contributed by atoms with Gasteiger partial charge in [0.1, 0.15) is 0 Å². The highest BCUT2D eigenvalue weighted by Gasteiger charge is 1.97. The number of benzene rings is 1. The van der Waals surface area contributed by atoms with E-state index in [-0.39, 0.29) is 0 Å². The standard InChI is InChI=1S/C11H8ClN3O/c12-10-5-14-15(7-10)6-9-1-3-11(4-2-9)13-8-16/h1-5,7H,6H2. The lowest BCUT2D eigenvalue weighted by atomic mass is 10.2. The minimum absolute atomic E-state index is 0.595. The predicted octanol–water partition coefficient (Wildman–Crippen LogP) is 2.55. The van der Waals surface area contributed by atoms with Gasteiger partial charge in [-0.05, 0) is 17.7 Å². The first-order chi connectivity index (χ1) is 7.78. The third-order valence-electron chi connectivity index (χ3n) is 2.06. The van der Waals surface area contributed by atoms with E-state index in [2.05, 4.69) is 10.1 Å². The van der Waals surface area contributed by atoms with Gasteiger partial charge in [0, 0.05) is 6.20 Å². The third kappa shape index (κ3) is 2.57. The maximum Gasteiger partial charge on any atom is 0.240 e. The Hall–Kier alpha value is -1.90. The van der Waals surface area contributed by atoms with Crippen molar-refractivity contribution in [2.45, 2.75) is 6.54 Å². The molecule has 1 heterocycles. The van der Waals surface area contributed by atoms with Gasteiger partial charge >= 0.3 is 0 Å². The molecule has 0 radical (unpaired) electrons. The van der Waals surface area contributed by atoms with Crippen molar-refractivity contribution in [3.05, 3.63) is 47.2 Å². The largest absolute Gasteiger partial charge is 0.267 e. The van der Waals surface area contributed by atoms with Crippen molar-refractivity contribution < 1.29 is 4.79 Å². The number of aliphatic imine (C=N–C) groups is 1. The summed E-state index contributed by atoms with van der Waals surface area (Å²) in [6.45, 7) is 0.637. The number of hydrogen-bond acceptors (Lipinski definition) is 3. The van der Waals surface area contributed by atoms with Crippen LogP contribution in [0.15, 0.2) is 41.7 Å². The van der Waals surface area contributed by atoms with Crippen molar-refractivity contribution in [1.29, 1.82) is 0 Å². The Morgan fingerprint density at radius 1 is 1.38 bits per heavy atom. The minimum Gasteiger partial charge on any atom is -0.267 e. The van der Waals surface area contributed by atoms with Crippen LogP contribution in [-0.4, -0.2) is 15.9 Å². The fourth-order valence-electron chi connectivity index (χ4n) is 1.34. The second kappa shape index (κ2) is 4.75. The Bertz CT molecular complexity index is 526. The lowest BCUT2D eigenvalue weighted by Crippen LogP contribution is -1.99. The zero-order valence-electron chi connectivity index (χ0n) is 8.30. The van der Waals surface area contributed by atoms with Crippen molar-refractivity contribution in [3.8, 4) is 0 Å². The predicted molar refractivity (Wildman–Crippen MR) is 60.6 cm³/mol. The Morgan fingerprint density at radius 2 is 2.12 bits per heavy atom. The summed E-state index contributed by atoms with van der Waals surface area (Å²) in [5.41, 5.74) is 1.65. The van der Waals surface area contributed by atoms with E-state index in [1.54, 1.807) is 29.2 Å². The number of carbonyl (C=O) groups excluding carboxylic acids is 1. The average molecular weight is 234 g/mol. The smallest absolute Gasteiger partial charge is 0.240 e. The summed E-state index contributed by atoms with van der Waals surface area (Å²) >= 11 is 5.75. The molecule has 0 N–H and O–H groups in total. The van der Waals surface area contributed by atoms with Crippen LogP contribution in [0.25, 0.3) is 0 Å². The van der Waals surface area contributed by atoms with E-state index in [0.717, 1.165) is 5.56 Å². The maximum absolute atomic E-state index is 10.0. The molecular formula is C11H8ClN3O. The highest BCUT2D eigenvalue weighted by molar-refractivity contribution is 6.30. The van der Waals surface area contributed by atoms with Crippen LogP contribution in [-0.2, 0) is 11.3 Å². The Labute approximate surface area is 97.2 Å². The Kier molecular flexibility index (Phi) is 3.15. The van der Waals surface area contributed by atoms with E-state index in [4.69, 9.17) is 11.6 Å².